The maximum Gasteiger partial charge on any atom is 0.264 e. The molecule has 160 valence electrons. The number of hydrogen-bond donors (Lipinski definition) is 0. The number of carbonyl (C=O) groups excluding carboxylic acids is 1. The number of carbonyl (C=O) groups is 1. The molecule has 1 fully saturated rings. The first-order chi connectivity index (χ1) is 15.0. The minimum atomic E-state index is -0.474. The van der Waals surface area contributed by atoms with Crippen LogP contribution in [0.5, 0.6) is 5.75 Å². The van der Waals surface area contributed by atoms with Crippen LogP contribution in [0.1, 0.15) is 11.5 Å². The molecule has 3 aromatic rings. The average molecular weight is 459 g/mol. The second-order valence-electron chi connectivity index (χ2n) is 7.68. The molecule has 9 heteroatoms. The highest BCUT2D eigenvalue weighted by Crippen LogP contribution is 2.32. The van der Waals surface area contributed by atoms with Crippen molar-refractivity contribution in [3.05, 3.63) is 64.0 Å². The highest BCUT2D eigenvalue weighted by molar-refractivity contribution is 6.31. The summed E-state index contributed by atoms with van der Waals surface area (Å²) in [5, 5.41) is 5.38. The summed E-state index contributed by atoms with van der Waals surface area (Å²) in [5.74, 6) is 1.86. The molecular formula is C22H20Cl2N4O3. The fourth-order valence-electron chi connectivity index (χ4n) is 3.91. The molecule has 1 atom stereocenters. The monoisotopic (exact) mass is 458 g/mol. The van der Waals surface area contributed by atoms with Crippen molar-refractivity contribution in [2.75, 3.05) is 26.2 Å². The molecular weight excluding hydrogens is 439 g/mol. The Kier molecular flexibility index (Phi) is 5.56. The number of fused-ring (bicyclic) bond motifs is 1. The van der Waals surface area contributed by atoms with Crippen LogP contribution >= 0.6 is 23.2 Å². The van der Waals surface area contributed by atoms with E-state index in [1.807, 2.05) is 29.2 Å². The third-order valence-electron chi connectivity index (χ3n) is 5.59. The number of piperazine rings is 1. The largest absolute Gasteiger partial charge is 0.480 e. The minimum Gasteiger partial charge on any atom is -0.480 e. The number of nitrogens with zero attached hydrogens (tertiary/aromatic N) is 4. The lowest BCUT2D eigenvalue weighted by atomic mass is 10.1. The Morgan fingerprint density at radius 3 is 2.55 bits per heavy atom. The van der Waals surface area contributed by atoms with E-state index in [-0.39, 0.29) is 5.91 Å². The normalized spacial score (nSPS) is 18.6. The van der Waals surface area contributed by atoms with Gasteiger partial charge in [-0.2, -0.15) is 4.98 Å². The maximum atomic E-state index is 12.9. The van der Waals surface area contributed by atoms with E-state index in [0.29, 0.717) is 47.8 Å². The van der Waals surface area contributed by atoms with Gasteiger partial charge in [-0.05, 0) is 48.0 Å². The molecule has 0 N–H and O–H groups in total. The lowest BCUT2D eigenvalue weighted by Crippen LogP contribution is -2.51. The van der Waals surface area contributed by atoms with Crippen LogP contribution in [0.15, 0.2) is 47.0 Å². The number of aromatic nitrogens is 2. The van der Waals surface area contributed by atoms with Crippen molar-refractivity contribution in [2.45, 2.75) is 19.1 Å². The van der Waals surface area contributed by atoms with Crippen LogP contribution in [0.3, 0.4) is 0 Å². The molecule has 0 radical (unpaired) electrons. The molecule has 0 saturated carbocycles. The van der Waals surface area contributed by atoms with E-state index in [9.17, 15) is 4.79 Å². The predicted octanol–water partition coefficient (Wildman–Crippen LogP) is 3.69. The topological polar surface area (TPSA) is 71.7 Å². The summed E-state index contributed by atoms with van der Waals surface area (Å²) < 4.78 is 11.3. The molecule has 0 spiro atoms. The molecule has 1 amide bonds. The molecule has 3 heterocycles. The zero-order chi connectivity index (χ0) is 21.4. The number of rotatable bonds is 4. The second-order valence-corrected chi connectivity index (χ2v) is 8.56. The number of benzene rings is 2. The lowest BCUT2D eigenvalue weighted by Gasteiger charge is -2.34. The zero-order valence-corrected chi connectivity index (χ0v) is 18.1. The molecule has 0 bridgehead atoms. The van der Waals surface area contributed by atoms with Crippen molar-refractivity contribution in [1.82, 2.24) is 19.9 Å². The Morgan fingerprint density at radius 2 is 1.77 bits per heavy atom. The highest BCUT2D eigenvalue weighted by Gasteiger charge is 2.34. The third-order valence-corrected chi connectivity index (χ3v) is 6.07. The molecule has 1 unspecified atom stereocenters. The standard InChI is InChI=1S/C22H20Cl2N4O3/c23-16-3-1-14(2-4-16)21-25-20(31-26-21)13-27-7-9-28(10-8-27)22(29)19-12-15-11-17(24)5-6-18(15)30-19/h1-6,11,19H,7-10,12-13H2. The second kappa shape index (κ2) is 8.49. The molecule has 0 aliphatic carbocycles. The van der Waals surface area contributed by atoms with Crippen LogP contribution in [0, 0.1) is 0 Å². The van der Waals surface area contributed by atoms with Gasteiger partial charge in [-0.1, -0.05) is 28.4 Å². The Hall–Kier alpha value is -2.61. The first-order valence-corrected chi connectivity index (χ1v) is 10.9. The third kappa shape index (κ3) is 4.39. The van der Waals surface area contributed by atoms with E-state index in [4.69, 9.17) is 32.5 Å². The Bertz CT molecular complexity index is 1090. The van der Waals surface area contributed by atoms with Crippen LogP contribution in [-0.2, 0) is 17.8 Å². The van der Waals surface area contributed by atoms with Crippen LogP contribution in [-0.4, -0.2) is 58.1 Å². The molecule has 2 aliphatic rings. The van der Waals surface area contributed by atoms with Crippen molar-refractivity contribution < 1.29 is 14.1 Å². The van der Waals surface area contributed by atoms with E-state index < -0.39 is 6.10 Å². The summed E-state index contributed by atoms with van der Waals surface area (Å²) >= 11 is 12.0. The van der Waals surface area contributed by atoms with Crippen LogP contribution in [0.4, 0.5) is 0 Å². The van der Waals surface area contributed by atoms with Gasteiger partial charge in [-0.15, -0.1) is 0 Å². The fraction of sp³-hybridized carbons (Fsp3) is 0.318. The quantitative estimate of drug-likeness (QED) is 0.593. The predicted molar refractivity (Wildman–Crippen MR) is 116 cm³/mol. The molecule has 7 nitrogen and oxygen atoms in total. The minimum absolute atomic E-state index is 0.0230. The van der Waals surface area contributed by atoms with Gasteiger partial charge in [0.05, 0.1) is 6.54 Å². The smallest absolute Gasteiger partial charge is 0.264 e. The zero-order valence-electron chi connectivity index (χ0n) is 16.6. The van der Waals surface area contributed by atoms with Crippen LogP contribution in [0.2, 0.25) is 10.0 Å². The summed E-state index contributed by atoms with van der Waals surface area (Å²) in [6.07, 6.45) is 0.0857. The first kappa shape index (κ1) is 20.3. The number of amides is 1. The first-order valence-electron chi connectivity index (χ1n) is 10.1. The summed E-state index contributed by atoms with van der Waals surface area (Å²) in [7, 11) is 0. The Labute approximate surface area is 189 Å². The van der Waals surface area contributed by atoms with Crippen molar-refractivity contribution in [2.24, 2.45) is 0 Å². The van der Waals surface area contributed by atoms with E-state index in [2.05, 4.69) is 15.0 Å². The van der Waals surface area contributed by atoms with Gasteiger partial charge in [0.25, 0.3) is 5.91 Å². The molecule has 1 aromatic heterocycles. The summed E-state index contributed by atoms with van der Waals surface area (Å²) in [5.41, 5.74) is 1.84. The molecule has 31 heavy (non-hydrogen) atoms. The summed E-state index contributed by atoms with van der Waals surface area (Å²) in [6.45, 7) is 3.28. The van der Waals surface area contributed by atoms with Gasteiger partial charge in [-0.3, -0.25) is 9.69 Å². The van der Waals surface area contributed by atoms with Gasteiger partial charge >= 0.3 is 0 Å². The molecule has 2 aliphatic heterocycles. The van der Waals surface area contributed by atoms with E-state index >= 15 is 0 Å². The molecule has 5 rings (SSSR count). The van der Waals surface area contributed by atoms with Crippen molar-refractivity contribution in [1.29, 1.82) is 0 Å². The van der Waals surface area contributed by atoms with Crippen LogP contribution < -0.4 is 4.74 Å². The van der Waals surface area contributed by atoms with Gasteiger partial charge in [0.1, 0.15) is 5.75 Å². The van der Waals surface area contributed by atoms with E-state index in [1.165, 1.54) is 0 Å². The van der Waals surface area contributed by atoms with Crippen LogP contribution in [0.25, 0.3) is 11.4 Å². The van der Waals surface area contributed by atoms with Gasteiger partial charge in [0.15, 0.2) is 6.10 Å². The van der Waals surface area contributed by atoms with Crippen molar-refractivity contribution in [3.63, 3.8) is 0 Å². The number of ether oxygens (including phenoxy) is 1. The van der Waals surface area contributed by atoms with Gasteiger partial charge in [0.2, 0.25) is 11.7 Å². The summed E-state index contributed by atoms with van der Waals surface area (Å²) in [6, 6.07) is 12.8. The van der Waals surface area contributed by atoms with Crippen molar-refractivity contribution >= 4 is 29.1 Å². The maximum absolute atomic E-state index is 12.9. The molecule has 1 saturated heterocycles. The average Bonchev–Trinajstić information content (AvgIpc) is 3.41. The van der Waals surface area contributed by atoms with Gasteiger partial charge in [-0.25, -0.2) is 0 Å². The fourth-order valence-corrected chi connectivity index (χ4v) is 4.23. The molecule has 2 aromatic carbocycles. The summed E-state index contributed by atoms with van der Waals surface area (Å²) in [4.78, 5) is 21.4. The lowest BCUT2D eigenvalue weighted by molar-refractivity contribution is -0.139. The number of hydrogen-bond acceptors (Lipinski definition) is 6. The van der Waals surface area contributed by atoms with E-state index in [0.717, 1.165) is 30.0 Å². The van der Waals surface area contributed by atoms with Crippen molar-refractivity contribution in [3.8, 4) is 17.1 Å². The van der Waals surface area contributed by atoms with Gasteiger partial charge < -0.3 is 14.2 Å². The Balaban J connectivity index is 1.14. The van der Waals surface area contributed by atoms with Gasteiger partial charge in [0, 0.05) is 48.2 Å². The Morgan fingerprint density at radius 1 is 1.03 bits per heavy atom. The number of halogens is 2. The van der Waals surface area contributed by atoms with E-state index in [1.54, 1.807) is 18.2 Å². The SMILES string of the molecule is O=C(C1Cc2cc(Cl)ccc2O1)N1CCN(Cc2nc(-c3ccc(Cl)cc3)no2)CC1. The highest BCUT2D eigenvalue weighted by atomic mass is 35.5.